The van der Waals surface area contributed by atoms with Crippen LogP contribution < -0.4 is 11.2 Å². The lowest BCUT2D eigenvalue weighted by Crippen LogP contribution is -2.34. The number of rotatable bonds is 4. The summed E-state index contributed by atoms with van der Waals surface area (Å²) in [7, 11) is 0. The number of carbonyl (C=O) groups is 1. The number of H-pyrrole nitrogens is 1. The molecule has 0 aliphatic heterocycles. The van der Waals surface area contributed by atoms with Gasteiger partial charge in [-0.1, -0.05) is 35.4 Å². The first-order valence-electron chi connectivity index (χ1n) is 9.78. The molecule has 0 saturated heterocycles. The van der Waals surface area contributed by atoms with Crippen molar-refractivity contribution in [3.63, 3.8) is 0 Å². The monoisotopic (exact) mass is 483 g/mol. The third-order valence-electron chi connectivity index (χ3n) is 5.52. The molecule has 33 heavy (non-hydrogen) atoms. The van der Waals surface area contributed by atoms with Gasteiger partial charge in [0.25, 0.3) is 5.56 Å². The number of aryl methyl sites for hydroxylation is 1. The normalized spacial score (nSPS) is 11.5. The molecule has 7 nitrogen and oxygen atoms in total. The molecule has 10 heteroatoms. The Bertz CT molecular complexity index is 1710. The molecule has 0 radical (unpaired) electrons. The van der Waals surface area contributed by atoms with Crippen LogP contribution in [0.4, 0.5) is 4.39 Å². The molecule has 166 valence electrons. The van der Waals surface area contributed by atoms with Gasteiger partial charge in [0.05, 0.1) is 33.7 Å². The van der Waals surface area contributed by atoms with E-state index in [4.69, 9.17) is 11.6 Å². The Morgan fingerprint density at radius 2 is 1.97 bits per heavy atom. The Balaban J connectivity index is 1.91. The second-order valence-electron chi connectivity index (χ2n) is 7.59. The van der Waals surface area contributed by atoms with Crippen LogP contribution in [0.1, 0.15) is 21.6 Å². The maximum atomic E-state index is 14.7. The van der Waals surface area contributed by atoms with E-state index in [1.54, 1.807) is 35.0 Å². The second kappa shape index (κ2) is 7.72. The maximum absolute atomic E-state index is 14.7. The van der Waals surface area contributed by atoms with Gasteiger partial charge in [0.15, 0.2) is 5.69 Å². The minimum absolute atomic E-state index is 0.0667. The standard InChI is InChI=1S/C23H15ClFN3O4S/c1-11-5-6-17-13(7-11)19(28-21(29)14-9-33-10-16(14)26-23(28)32)20(22(30)31)27(17)8-12-3-2-4-15(24)18(12)25/h2-7,9-10H,8H2,1H3,(H,26,32)(H,30,31). The van der Waals surface area contributed by atoms with Crippen LogP contribution >= 0.6 is 22.9 Å². The van der Waals surface area contributed by atoms with Crippen LogP contribution in [-0.4, -0.2) is 25.2 Å². The number of nitrogens with zero attached hydrogens (tertiary/aromatic N) is 2. The van der Waals surface area contributed by atoms with Crippen molar-refractivity contribution < 1.29 is 14.3 Å². The Morgan fingerprint density at radius 3 is 2.73 bits per heavy atom. The molecule has 0 aliphatic carbocycles. The van der Waals surface area contributed by atoms with Crippen LogP contribution in [0.2, 0.25) is 5.02 Å². The SMILES string of the molecule is Cc1ccc2c(c1)c(-n1c(=O)[nH]c3cscc3c1=O)c(C(=O)O)n2Cc1cccc(Cl)c1F. The summed E-state index contributed by atoms with van der Waals surface area (Å²) in [6, 6.07) is 9.63. The lowest BCUT2D eigenvalue weighted by Gasteiger charge is -2.11. The van der Waals surface area contributed by atoms with Crippen LogP contribution in [0, 0.1) is 12.7 Å². The predicted molar refractivity (Wildman–Crippen MR) is 126 cm³/mol. The van der Waals surface area contributed by atoms with Crippen molar-refractivity contribution >= 4 is 50.7 Å². The van der Waals surface area contributed by atoms with E-state index in [2.05, 4.69) is 4.98 Å². The van der Waals surface area contributed by atoms with Crippen molar-refractivity contribution in [1.82, 2.24) is 14.1 Å². The number of benzene rings is 2. The number of hydrogen-bond donors (Lipinski definition) is 2. The summed E-state index contributed by atoms with van der Waals surface area (Å²) in [6.45, 7) is 1.65. The molecule has 0 saturated carbocycles. The van der Waals surface area contributed by atoms with Gasteiger partial charge in [-0.3, -0.25) is 4.79 Å². The number of carboxylic acid groups (broad SMARTS) is 1. The smallest absolute Gasteiger partial charge is 0.354 e. The van der Waals surface area contributed by atoms with Crippen LogP contribution in [0.15, 0.2) is 56.7 Å². The maximum Gasteiger partial charge on any atom is 0.354 e. The number of aromatic nitrogens is 3. The number of nitrogens with one attached hydrogen (secondary N) is 1. The highest BCUT2D eigenvalue weighted by molar-refractivity contribution is 7.09. The number of thiophene rings is 1. The summed E-state index contributed by atoms with van der Waals surface area (Å²) in [6.07, 6.45) is 0. The lowest BCUT2D eigenvalue weighted by atomic mass is 10.1. The highest BCUT2D eigenvalue weighted by Gasteiger charge is 2.27. The summed E-state index contributed by atoms with van der Waals surface area (Å²) in [5.41, 5.74) is 0.0135. The molecule has 2 N–H and O–H groups in total. The number of carboxylic acids is 1. The van der Waals surface area contributed by atoms with Gasteiger partial charge in [-0.25, -0.2) is 18.5 Å². The van der Waals surface area contributed by atoms with Gasteiger partial charge in [-0.15, -0.1) is 11.3 Å². The highest BCUT2D eigenvalue weighted by atomic mass is 35.5. The van der Waals surface area contributed by atoms with E-state index < -0.39 is 23.0 Å². The predicted octanol–water partition coefficient (Wildman–Crippen LogP) is 4.54. The quantitative estimate of drug-likeness (QED) is 0.392. The topological polar surface area (TPSA) is 97.1 Å². The fraction of sp³-hybridized carbons (Fsp3) is 0.0870. The van der Waals surface area contributed by atoms with Crippen LogP contribution in [0.3, 0.4) is 0 Å². The molecule has 0 spiro atoms. The van der Waals surface area contributed by atoms with Gasteiger partial charge in [-0.05, 0) is 25.1 Å². The molecule has 5 rings (SSSR count). The van der Waals surface area contributed by atoms with Crippen molar-refractivity contribution in [3.8, 4) is 5.69 Å². The van der Waals surface area contributed by atoms with E-state index in [0.29, 0.717) is 16.4 Å². The zero-order chi connectivity index (χ0) is 23.4. The van der Waals surface area contributed by atoms with Crippen molar-refractivity contribution in [2.45, 2.75) is 13.5 Å². The summed E-state index contributed by atoms with van der Waals surface area (Å²) in [4.78, 5) is 41.3. The summed E-state index contributed by atoms with van der Waals surface area (Å²) < 4.78 is 16.9. The molecule has 0 bridgehead atoms. The van der Waals surface area contributed by atoms with E-state index in [-0.39, 0.29) is 33.9 Å². The van der Waals surface area contributed by atoms with Crippen molar-refractivity contribution in [3.05, 3.63) is 95.7 Å². The second-order valence-corrected chi connectivity index (χ2v) is 8.74. The first-order chi connectivity index (χ1) is 15.8. The Kier molecular flexibility index (Phi) is 4.95. The number of halogens is 2. The lowest BCUT2D eigenvalue weighted by molar-refractivity contribution is 0.0686. The summed E-state index contributed by atoms with van der Waals surface area (Å²) in [5, 5.41) is 14.0. The van der Waals surface area contributed by atoms with Crippen LogP contribution in [0.5, 0.6) is 0 Å². The Labute approximate surface area is 193 Å². The number of aromatic amines is 1. The molecule has 0 aliphatic rings. The first-order valence-corrected chi connectivity index (χ1v) is 11.1. The van der Waals surface area contributed by atoms with Gasteiger partial charge in [0.1, 0.15) is 5.82 Å². The molecule has 0 amide bonds. The zero-order valence-corrected chi connectivity index (χ0v) is 18.6. The van der Waals surface area contributed by atoms with Gasteiger partial charge >= 0.3 is 11.7 Å². The van der Waals surface area contributed by atoms with Crippen LogP contribution in [0.25, 0.3) is 27.5 Å². The van der Waals surface area contributed by atoms with E-state index in [1.807, 2.05) is 6.92 Å². The van der Waals surface area contributed by atoms with Gasteiger partial charge < -0.3 is 14.7 Å². The van der Waals surface area contributed by atoms with E-state index in [9.17, 15) is 23.9 Å². The Morgan fingerprint density at radius 1 is 1.18 bits per heavy atom. The first kappa shape index (κ1) is 21.2. The largest absolute Gasteiger partial charge is 0.477 e. The van der Waals surface area contributed by atoms with E-state index >= 15 is 0 Å². The summed E-state index contributed by atoms with van der Waals surface area (Å²) >= 11 is 7.17. The molecule has 3 aromatic heterocycles. The summed E-state index contributed by atoms with van der Waals surface area (Å²) in [5.74, 6) is -2.03. The van der Waals surface area contributed by atoms with Crippen molar-refractivity contribution in [2.75, 3.05) is 0 Å². The molecule has 0 fully saturated rings. The third kappa shape index (κ3) is 3.28. The van der Waals surface area contributed by atoms with Gasteiger partial charge in [-0.2, -0.15) is 0 Å². The van der Waals surface area contributed by atoms with Crippen molar-refractivity contribution in [1.29, 1.82) is 0 Å². The van der Waals surface area contributed by atoms with Gasteiger partial charge in [0, 0.05) is 21.7 Å². The molecular weight excluding hydrogens is 469 g/mol. The highest BCUT2D eigenvalue weighted by Crippen LogP contribution is 2.31. The molecule has 0 unspecified atom stereocenters. The van der Waals surface area contributed by atoms with Crippen LogP contribution in [-0.2, 0) is 6.54 Å². The fourth-order valence-corrected chi connectivity index (χ4v) is 4.99. The molecule has 5 aromatic rings. The average molecular weight is 484 g/mol. The third-order valence-corrected chi connectivity index (χ3v) is 6.55. The molecule has 3 heterocycles. The van der Waals surface area contributed by atoms with Crippen molar-refractivity contribution in [2.24, 2.45) is 0 Å². The fourth-order valence-electron chi connectivity index (χ4n) is 4.05. The molecule has 0 atom stereocenters. The zero-order valence-electron chi connectivity index (χ0n) is 17.1. The number of fused-ring (bicyclic) bond motifs is 2. The Hall–Kier alpha value is -3.69. The molecular formula is C23H15ClFN3O4S. The van der Waals surface area contributed by atoms with E-state index in [0.717, 1.165) is 10.1 Å². The number of aromatic carboxylic acids is 1. The number of hydrogen-bond acceptors (Lipinski definition) is 4. The average Bonchev–Trinajstić information content (AvgIpc) is 3.34. The van der Waals surface area contributed by atoms with E-state index in [1.165, 1.54) is 28.0 Å². The molecule has 2 aromatic carbocycles. The minimum Gasteiger partial charge on any atom is -0.477 e. The van der Waals surface area contributed by atoms with Gasteiger partial charge in [0.2, 0.25) is 0 Å². The minimum atomic E-state index is -1.36.